The van der Waals surface area contributed by atoms with Gasteiger partial charge in [0.25, 0.3) is 5.91 Å². The van der Waals surface area contributed by atoms with E-state index in [-0.39, 0.29) is 17.7 Å². The lowest BCUT2D eigenvalue weighted by atomic mass is 9.96. The number of fused-ring (bicyclic) bond motifs is 3. The molecule has 3 aromatic rings. The number of likely N-dealkylation sites (tertiary alicyclic amines) is 1. The lowest BCUT2D eigenvalue weighted by Gasteiger charge is -2.30. The van der Waals surface area contributed by atoms with Gasteiger partial charge in [-0.1, -0.05) is 18.2 Å². The second-order valence-electron chi connectivity index (χ2n) is 8.43. The Balaban J connectivity index is 1.59. The summed E-state index contributed by atoms with van der Waals surface area (Å²) in [6.07, 6.45) is 1.74. The topological polar surface area (TPSA) is 99.7 Å². The zero-order chi connectivity index (χ0) is 23.1. The maximum Gasteiger partial charge on any atom is 0.274 e. The summed E-state index contributed by atoms with van der Waals surface area (Å²) in [5.74, 6) is 0.699. The minimum absolute atomic E-state index is 0.115. The average molecular weight is 447 g/mol. The highest BCUT2D eigenvalue weighted by molar-refractivity contribution is 5.97. The average Bonchev–Trinajstić information content (AvgIpc) is 3.40. The molecule has 2 amide bonds. The predicted octanol–water partition coefficient (Wildman–Crippen LogP) is 2.80. The van der Waals surface area contributed by atoms with Crippen LogP contribution >= 0.6 is 0 Å². The molecule has 0 unspecified atom stereocenters. The molecule has 2 aliphatic rings. The standard InChI is InChI=1S/C25H26N4O4/c1-32-20-13-16-12-19-22(25(31)28-10-8-15(9-11-28)24(26)30)27-29(17-6-4-3-5-7-17)23(19)18(16)14-21(20)33-2/h3-7,13-15H,8-12H2,1-2H3,(H2,26,30). The zero-order valence-electron chi connectivity index (χ0n) is 18.7. The van der Waals surface area contributed by atoms with Crippen molar-refractivity contribution in [1.29, 1.82) is 0 Å². The summed E-state index contributed by atoms with van der Waals surface area (Å²) in [6.45, 7) is 0.988. The molecule has 33 heavy (non-hydrogen) atoms. The number of aromatic nitrogens is 2. The molecule has 0 spiro atoms. The van der Waals surface area contributed by atoms with Crippen molar-refractivity contribution in [3.63, 3.8) is 0 Å². The molecule has 0 radical (unpaired) electrons. The van der Waals surface area contributed by atoms with Crippen molar-refractivity contribution >= 4 is 11.8 Å². The fourth-order valence-electron chi connectivity index (χ4n) is 4.82. The van der Waals surface area contributed by atoms with Gasteiger partial charge in [0.1, 0.15) is 0 Å². The van der Waals surface area contributed by atoms with Gasteiger partial charge in [0.15, 0.2) is 17.2 Å². The first-order valence-corrected chi connectivity index (χ1v) is 11.0. The number of amides is 2. The van der Waals surface area contributed by atoms with Gasteiger partial charge in [0.05, 0.1) is 25.6 Å². The molecule has 2 aromatic carbocycles. The summed E-state index contributed by atoms with van der Waals surface area (Å²) in [7, 11) is 3.22. The summed E-state index contributed by atoms with van der Waals surface area (Å²) < 4.78 is 12.9. The highest BCUT2D eigenvalue weighted by atomic mass is 16.5. The van der Waals surface area contributed by atoms with Crippen LogP contribution in [-0.4, -0.2) is 53.8 Å². The Hall–Kier alpha value is -3.81. The highest BCUT2D eigenvalue weighted by Crippen LogP contribution is 2.45. The predicted molar refractivity (Wildman–Crippen MR) is 123 cm³/mol. The fourth-order valence-corrected chi connectivity index (χ4v) is 4.82. The largest absolute Gasteiger partial charge is 0.493 e. The second-order valence-corrected chi connectivity index (χ2v) is 8.43. The number of rotatable bonds is 5. The molecular weight excluding hydrogens is 420 g/mol. The summed E-state index contributed by atoms with van der Waals surface area (Å²) >= 11 is 0. The maximum absolute atomic E-state index is 13.6. The number of primary amides is 1. The summed E-state index contributed by atoms with van der Waals surface area (Å²) in [5.41, 5.74) is 10.6. The van der Waals surface area contributed by atoms with E-state index >= 15 is 0 Å². The monoisotopic (exact) mass is 446 g/mol. The van der Waals surface area contributed by atoms with E-state index in [2.05, 4.69) is 0 Å². The third-order valence-electron chi connectivity index (χ3n) is 6.60. The lowest BCUT2D eigenvalue weighted by Crippen LogP contribution is -2.42. The number of ether oxygens (including phenoxy) is 2. The van der Waals surface area contributed by atoms with Crippen molar-refractivity contribution < 1.29 is 19.1 Å². The third kappa shape index (κ3) is 3.51. The molecule has 2 heterocycles. The van der Waals surface area contributed by atoms with E-state index in [1.54, 1.807) is 19.1 Å². The van der Waals surface area contributed by atoms with E-state index in [1.807, 2.05) is 47.1 Å². The van der Waals surface area contributed by atoms with Gasteiger partial charge in [0.2, 0.25) is 5.91 Å². The number of nitrogens with two attached hydrogens (primary N) is 1. The SMILES string of the molecule is COc1cc2c(cc1OC)-c1c(c(C(=O)N3CCC(C(N)=O)CC3)nn1-c1ccccc1)C2. The molecule has 5 rings (SSSR count). The van der Waals surface area contributed by atoms with E-state index in [1.165, 1.54) is 0 Å². The van der Waals surface area contributed by atoms with Gasteiger partial charge in [-0.2, -0.15) is 5.10 Å². The molecule has 1 aliphatic heterocycles. The molecule has 0 atom stereocenters. The van der Waals surface area contributed by atoms with Crippen LogP contribution in [0.1, 0.15) is 34.5 Å². The number of piperidine rings is 1. The van der Waals surface area contributed by atoms with Gasteiger partial charge >= 0.3 is 0 Å². The van der Waals surface area contributed by atoms with Gasteiger partial charge in [0, 0.05) is 36.6 Å². The zero-order valence-corrected chi connectivity index (χ0v) is 18.7. The van der Waals surface area contributed by atoms with Crippen molar-refractivity contribution in [2.24, 2.45) is 11.7 Å². The summed E-state index contributed by atoms with van der Waals surface area (Å²) in [6, 6.07) is 13.7. The Morgan fingerprint density at radius 2 is 1.70 bits per heavy atom. The number of para-hydroxylation sites is 1. The van der Waals surface area contributed by atoms with E-state index in [0.29, 0.717) is 49.5 Å². The Morgan fingerprint density at radius 3 is 2.33 bits per heavy atom. The molecule has 1 aromatic heterocycles. The van der Waals surface area contributed by atoms with Crippen LogP contribution in [-0.2, 0) is 11.2 Å². The molecular formula is C25H26N4O4. The van der Waals surface area contributed by atoms with E-state index in [0.717, 1.165) is 28.1 Å². The number of benzene rings is 2. The number of carbonyl (C=O) groups is 2. The molecule has 1 aliphatic carbocycles. The van der Waals surface area contributed by atoms with E-state index in [9.17, 15) is 9.59 Å². The van der Waals surface area contributed by atoms with E-state index in [4.69, 9.17) is 20.3 Å². The molecule has 8 heteroatoms. The van der Waals surface area contributed by atoms with Crippen LogP contribution in [0.15, 0.2) is 42.5 Å². The summed E-state index contributed by atoms with van der Waals surface area (Å²) in [4.78, 5) is 26.9. The Bertz CT molecular complexity index is 1230. The molecule has 0 saturated carbocycles. The van der Waals surface area contributed by atoms with Crippen LogP contribution < -0.4 is 15.2 Å². The minimum atomic E-state index is -0.297. The number of methoxy groups -OCH3 is 2. The number of hydrogen-bond donors (Lipinski definition) is 1. The van der Waals surface area contributed by atoms with Crippen LogP contribution in [0, 0.1) is 5.92 Å². The third-order valence-corrected chi connectivity index (χ3v) is 6.60. The first-order chi connectivity index (χ1) is 16.0. The molecule has 0 bridgehead atoms. The smallest absolute Gasteiger partial charge is 0.274 e. The van der Waals surface area contributed by atoms with Crippen molar-refractivity contribution in [3.8, 4) is 28.4 Å². The minimum Gasteiger partial charge on any atom is -0.493 e. The van der Waals surface area contributed by atoms with Crippen LogP contribution in [0.5, 0.6) is 11.5 Å². The van der Waals surface area contributed by atoms with Crippen LogP contribution in [0.2, 0.25) is 0 Å². The molecule has 170 valence electrons. The van der Waals surface area contributed by atoms with Crippen molar-refractivity contribution in [3.05, 3.63) is 59.3 Å². The first kappa shape index (κ1) is 21.1. The summed E-state index contributed by atoms with van der Waals surface area (Å²) in [5, 5.41) is 4.79. The van der Waals surface area contributed by atoms with Crippen LogP contribution in [0.3, 0.4) is 0 Å². The lowest BCUT2D eigenvalue weighted by molar-refractivity contribution is -0.123. The Morgan fingerprint density at radius 1 is 1.03 bits per heavy atom. The van der Waals surface area contributed by atoms with E-state index < -0.39 is 0 Å². The van der Waals surface area contributed by atoms with Crippen LogP contribution in [0.25, 0.3) is 16.9 Å². The second kappa shape index (κ2) is 8.27. The molecule has 1 saturated heterocycles. The number of nitrogens with zero attached hydrogens (tertiary/aromatic N) is 3. The maximum atomic E-state index is 13.6. The molecule has 1 fully saturated rings. The Labute approximate surface area is 191 Å². The van der Waals surface area contributed by atoms with Gasteiger partial charge in [-0.15, -0.1) is 0 Å². The fraction of sp³-hybridized carbons (Fsp3) is 0.320. The first-order valence-electron chi connectivity index (χ1n) is 11.0. The van der Waals surface area contributed by atoms with Gasteiger partial charge in [-0.3, -0.25) is 9.59 Å². The molecule has 2 N–H and O–H groups in total. The van der Waals surface area contributed by atoms with Gasteiger partial charge in [-0.25, -0.2) is 4.68 Å². The van der Waals surface area contributed by atoms with Crippen LogP contribution in [0.4, 0.5) is 0 Å². The normalized spacial score (nSPS) is 15.2. The molecule has 8 nitrogen and oxygen atoms in total. The van der Waals surface area contributed by atoms with Crippen molar-refractivity contribution in [1.82, 2.24) is 14.7 Å². The Kier molecular flexibility index (Phi) is 5.28. The number of carbonyl (C=O) groups excluding carboxylic acids is 2. The quantitative estimate of drug-likeness (QED) is 0.508. The number of hydrogen-bond acceptors (Lipinski definition) is 5. The highest BCUT2D eigenvalue weighted by Gasteiger charge is 2.35. The van der Waals surface area contributed by atoms with Gasteiger partial charge in [-0.05, 0) is 42.7 Å². The van der Waals surface area contributed by atoms with Gasteiger partial charge < -0.3 is 20.1 Å². The van der Waals surface area contributed by atoms with Crippen molar-refractivity contribution in [2.75, 3.05) is 27.3 Å². The van der Waals surface area contributed by atoms with Crippen molar-refractivity contribution in [2.45, 2.75) is 19.3 Å².